The summed E-state index contributed by atoms with van der Waals surface area (Å²) >= 11 is 0. The van der Waals surface area contributed by atoms with E-state index in [0.29, 0.717) is 26.2 Å². The summed E-state index contributed by atoms with van der Waals surface area (Å²) < 4.78 is 11.6. The average molecular weight is 451 g/mol. The minimum Gasteiger partial charge on any atom is -0.491 e. The van der Waals surface area contributed by atoms with Gasteiger partial charge in [0.2, 0.25) is 0 Å². The molecule has 0 atom stereocenters. The SMILES string of the molecule is OCC/C(=C(\c1ccccc1)c1ccc(OCCOCc2ccccc2)cc1)c1ccccc1. The van der Waals surface area contributed by atoms with Gasteiger partial charge in [0.1, 0.15) is 12.4 Å². The highest BCUT2D eigenvalue weighted by Gasteiger charge is 2.14. The average Bonchev–Trinajstić information content (AvgIpc) is 2.91. The van der Waals surface area contributed by atoms with E-state index in [2.05, 4.69) is 48.5 Å². The Morgan fingerprint density at radius 2 is 1.15 bits per heavy atom. The lowest BCUT2D eigenvalue weighted by Gasteiger charge is -2.17. The van der Waals surface area contributed by atoms with Gasteiger partial charge in [-0.05, 0) is 52.0 Å². The van der Waals surface area contributed by atoms with E-state index < -0.39 is 0 Å². The Kier molecular flexibility index (Phi) is 8.67. The lowest BCUT2D eigenvalue weighted by atomic mass is 9.88. The van der Waals surface area contributed by atoms with Crippen LogP contribution in [0.1, 0.15) is 28.7 Å². The zero-order valence-corrected chi connectivity index (χ0v) is 19.3. The first-order valence-electron chi connectivity index (χ1n) is 11.6. The second-order valence-electron chi connectivity index (χ2n) is 7.97. The van der Waals surface area contributed by atoms with E-state index in [1.165, 1.54) is 0 Å². The van der Waals surface area contributed by atoms with Crippen LogP contribution in [0.4, 0.5) is 0 Å². The molecule has 0 saturated carbocycles. The van der Waals surface area contributed by atoms with Crippen molar-refractivity contribution in [2.24, 2.45) is 0 Å². The zero-order valence-electron chi connectivity index (χ0n) is 19.3. The van der Waals surface area contributed by atoms with Crippen molar-refractivity contribution >= 4 is 11.1 Å². The Morgan fingerprint density at radius 3 is 1.76 bits per heavy atom. The van der Waals surface area contributed by atoms with Gasteiger partial charge in [0.25, 0.3) is 0 Å². The van der Waals surface area contributed by atoms with Gasteiger partial charge in [0.05, 0.1) is 13.2 Å². The summed E-state index contributed by atoms with van der Waals surface area (Å²) in [5, 5.41) is 9.83. The van der Waals surface area contributed by atoms with Gasteiger partial charge in [-0.25, -0.2) is 0 Å². The molecule has 0 heterocycles. The number of hydrogen-bond acceptors (Lipinski definition) is 3. The quantitative estimate of drug-likeness (QED) is 0.206. The second-order valence-corrected chi connectivity index (χ2v) is 7.97. The number of ether oxygens (including phenoxy) is 2. The van der Waals surface area contributed by atoms with Crippen molar-refractivity contribution < 1.29 is 14.6 Å². The number of aliphatic hydroxyl groups is 1. The maximum Gasteiger partial charge on any atom is 0.119 e. The summed E-state index contributed by atoms with van der Waals surface area (Å²) in [5.74, 6) is 0.808. The third-order valence-corrected chi connectivity index (χ3v) is 5.60. The predicted octanol–water partition coefficient (Wildman–Crippen LogP) is 6.62. The molecule has 0 saturated heterocycles. The van der Waals surface area contributed by atoms with E-state index in [0.717, 1.165) is 39.1 Å². The molecule has 4 aromatic carbocycles. The van der Waals surface area contributed by atoms with E-state index in [-0.39, 0.29) is 6.61 Å². The molecule has 172 valence electrons. The van der Waals surface area contributed by atoms with Crippen molar-refractivity contribution in [2.75, 3.05) is 19.8 Å². The van der Waals surface area contributed by atoms with E-state index in [1.807, 2.05) is 66.7 Å². The third kappa shape index (κ3) is 6.44. The van der Waals surface area contributed by atoms with E-state index in [9.17, 15) is 5.11 Å². The fourth-order valence-corrected chi connectivity index (χ4v) is 3.99. The standard InChI is InChI=1S/C31H30O3/c32-21-20-30(26-12-6-2-7-13-26)31(27-14-8-3-9-15-27)28-16-18-29(19-17-28)34-23-22-33-24-25-10-4-1-5-11-25/h1-19,32H,20-24H2/b31-30-. The van der Waals surface area contributed by atoms with Gasteiger partial charge in [0, 0.05) is 6.61 Å². The number of rotatable bonds is 11. The molecule has 4 rings (SSSR count). The first kappa shape index (κ1) is 23.5. The van der Waals surface area contributed by atoms with Gasteiger partial charge in [0.15, 0.2) is 0 Å². The Morgan fingerprint density at radius 1 is 0.588 bits per heavy atom. The fraction of sp³-hybridized carbons (Fsp3) is 0.161. The molecular weight excluding hydrogens is 420 g/mol. The van der Waals surface area contributed by atoms with Crippen molar-refractivity contribution in [3.8, 4) is 5.75 Å². The molecule has 1 N–H and O–H groups in total. The first-order chi connectivity index (χ1) is 16.8. The largest absolute Gasteiger partial charge is 0.491 e. The molecule has 0 unspecified atom stereocenters. The smallest absolute Gasteiger partial charge is 0.119 e. The number of benzene rings is 4. The van der Waals surface area contributed by atoms with Crippen LogP contribution in [0.5, 0.6) is 5.75 Å². The van der Waals surface area contributed by atoms with Crippen LogP contribution in [0, 0.1) is 0 Å². The van der Waals surface area contributed by atoms with Crippen LogP contribution in [0.25, 0.3) is 11.1 Å². The molecule has 4 aromatic rings. The number of hydrogen-bond donors (Lipinski definition) is 1. The third-order valence-electron chi connectivity index (χ3n) is 5.60. The summed E-state index contributed by atoms with van der Waals surface area (Å²) in [6, 6.07) is 38.9. The molecule has 0 aliphatic rings. The molecule has 0 spiro atoms. The van der Waals surface area contributed by atoms with Crippen LogP contribution in [-0.4, -0.2) is 24.9 Å². The van der Waals surface area contributed by atoms with Gasteiger partial charge in [-0.2, -0.15) is 0 Å². The molecule has 3 nitrogen and oxygen atoms in total. The highest BCUT2D eigenvalue weighted by Crippen LogP contribution is 2.34. The van der Waals surface area contributed by atoms with Gasteiger partial charge in [-0.3, -0.25) is 0 Å². The van der Waals surface area contributed by atoms with Crippen molar-refractivity contribution in [2.45, 2.75) is 13.0 Å². The topological polar surface area (TPSA) is 38.7 Å². The Bertz CT molecular complexity index is 1150. The second kappa shape index (κ2) is 12.5. The van der Waals surface area contributed by atoms with Gasteiger partial charge in [-0.1, -0.05) is 103 Å². The highest BCUT2D eigenvalue weighted by atomic mass is 16.5. The minimum atomic E-state index is 0.0880. The van der Waals surface area contributed by atoms with Crippen LogP contribution in [0.2, 0.25) is 0 Å². The zero-order chi connectivity index (χ0) is 23.4. The van der Waals surface area contributed by atoms with Crippen molar-refractivity contribution in [3.63, 3.8) is 0 Å². The van der Waals surface area contributed by atoms with E-state index in [4.69, 9.17) is 9.47 Å². The van der Waals surface area contributed by atoms with Gasteiger partial charge >= 0.3 is 0 Å². The Balaban J connectivity index is 1.50. The maximum absolute atomic E-state index is 9.83. The summed E-state index contributed by atoms with van der Waals surface area (Å²) in [6.45, 7) is 1.69. The highest BCUT2D eigenvalue weighted by molar-refractivity contribution is 5.98. The van der Waals surface area contributed by atoms with Gasteiger partial charge < -0.3 is 14.6 Å². The van der Waals surface area contributed by atoms with E-state index in [1.54, 1.807) is 0 Å². The predicted molar refractivity (Wildman–Crippen MR) is 139 cm³/mol. The molecule has 0 aromatic heterocycles. The van der Waals surface area contributed by atoms with Crippen molar-refractivity contribution in [1.29, 1.82) is 0 Å². The lowest BCUT2D eigenvalue weighted by Crippen LogP contribution is -2.06. The molecule has 0 aliphatic carbocycles. The molecule has 0 fully saturated rings. The van der Waals surface area contributed by atoms with Gasteiger partial charge in [-0.15, -0.1) is 0 Å². The van der Waals surface area contributed by atoms with E-state index >= 15 is 0 Å². The first-order valence-corrected chi connectivity index (χ1v) is 11.6. The van der Waals surface area contributed by atoms with Crippen LogP contribution in [0.3, 0.4) is 0 Å². The molecule has 0 radical (unpaired) electrons. The van der Waals surface area contributed by atoms with Crippen LogP contribution >= 0.6 is 0 Å². The molecule has 34 heavy (non-hydrogen) atoms. The number of aliphatic hydroxyl groups excluding tert-OH is 1. The van der Waals surface area contributed by atoms with Crippen LogP contribution in [-0.2, 0) is 11.3 Å². The molecule has 3 heteroatoms. The van der Waals surface area contributed by atoms with Crippen LogP contribution in [0.15, 0.2) is 115 Å². The van der Waals surface area contributed by atoms with Crippen LogP contribution < -0.4 is 4.74 Å². The monoisotopic (exact) mass is 450 g/mol. The fourth-order valence-electron chi connectivity index (χ4n) is 3.99. The summed E-state index contributed by atoms with van der Waals surface area (Å²) in [7, 11) is 0. The van der Waals surface area contributed by atoms with Crippen molar-refractivity contribution in [1.82, 2.24) is 0 Å². The summed E-state index contributed by atoms with van der Waals surface area (Å²) in [6.07, 6.45) is 0.575. The lowest BCUT2D eigenvalue weighted by molar-refractivity contribution is 0.0889. The normalized spacial score (nSPS) is 11.7. The van der Waals surface area contributed by atoms with Crippen molar-refractivity contribution in [3.05, 3.63) is 138 Å². The maximum atomic E-state index is 9.83. The molecular formula is C31H30O3. The minimum absolute atomic E-state index is 0.0880. The summed E-state index contributed by atoms with van der Waals surface area (Å²) in [5.41, 5.74) is 6.73. The summed E-state index contributed by atoms with van der Waals surface area (Å²) in [4.78, 5) is 0. The Hall–Kier alpha value is -3.66. The molecule has 0 aliphatic heterocycles. The molecule has 0 bridgehead atoms. The molecule has 0 amide bonds. The Labute approximate surface area is 201 Å².